The van der Waals surface area contributed by atoms with Crippen LogP contribution >= 0.6 is 11.6 Å². The minimum atomic E-state index is -3.55. The van der Waals surface area contributed by atoms with Gasteiger partial charge in [-0.15, -0.1) is 0 Å². The quantitative estimate of drug-likeness (QED) is 0.916. The maximum Gasteiger partial charge on any atom is 0.276 e. The molecule has 0 unspecified atom stereocenters. The van der Waals surface area contributed by atoms with Gasteiger partial charge in [0.05, 0.1) is 0 Å². The van der Waals surface area contributed by atoms with Gasteiger partial charge < -0.3 is 9.73 Å². The van der Waals surface area contributed by atoms with Crippen LogP contribution in [0.2, 0.25) is 5.02 Å². The van der Waals surface area contributed by atoms with Crippen molar-refractivity contribution in [3.8, 4) is 0 Å². The Morgan fingerprint density at radius 2 is 1.95 bits per heavy atom. The first-order chi connectivity index (χ1) is 9.07. The molecule has 0 bridgehead atoms. The lowest BCUT2D eigenvalue weighted by atomic mass is 10.3. The molecule has 0 atom stereocenters. The standard InChI is InChI=1S/C12H13ClN2O3S/c13-10-1-2-11-9(7-10)8-12(18-11)19(16,17)15-5-3-14-4-6-15/h1-2,7-8,14H,3-6H2. The van der Waals surface area contributed by atoms with E-state index in [1.54, 1.807) is 18.2 Å². The number of halogens is 1. The average Bonchev–Trinajstić information content (AvgIpc) is 2.83. The Bertz CT molecular complexity index is 705. The lowest BCUT2D eigenvalue weighted by Crippen LogP contribution is -2.46. The zero-order valence-corrected chi connectivity index (χ0v) is 11.7. The summed E-state index contributed by atoms with van der Waals surface area (Å²) in [4.78, 5) is 0. The number of hydrogen-bond acceptors (Lipinski definition) is 4. The van der Waals surface area contributed by atoms with Crippen molar-refractivity contribution in [2.75, 3.05) is 26.2 Å². The van der Waals surface area contributed by atoms with Crippen molar-refractivity contribution in [3.05, 3.63) is 29.3 Å². The highest BCUT2D eigenvalue weighted by Crippen LogP contribution is 2.27. The molecular weight excluding hydrogens is 288 g/mol. The number of sulfonamides is 1. The Morgan fingerprint density at radius 3 is 2.68 bits per heavy atom. The Labute approximate surface area is 116 Å². The molecule has 0 spiro atoms. The highest BCUT2D eigenvalue weighted by atomic mass is 35.5. The van der Waals surface area contributed by atoms with Gasteiger partial charge in [-0.25, -0.2) is 8.42 Å². The summed E-state index contributed by atoms with van der Waals surface area (Å²) >= 11 is 5.88. The maximum atomic E-state index is 12.4. The number of fused-ring (bicyclic) bond motifs is 1. The predicted octanol–water partition coefficient (Wildman–Crippen LogP) is 1.68. The largest absolute Gasteiger partial charge is 0.443 e. The first kappa shape index (κ1) is 12.9. The van der Waals surface area contributed by atoms with E-state index in [-0.39, 0.29) is 5.09 Å². The fraction of sp³-hybridized carbons (Fsp3) is 0.333. The molecule has 1 N–H and O–H groups in total. The molecule has 19 heavy (non-hydrogen) atoms. The van der Waals surface area contributed by atoms with Gasteiger partial charge in [0.1, 0.15) is 5.58 Å². The van der Waals surface area contributed by atoms with Crippen molar-refractivity contribution >= 4 is 32.6 Å². The fourth-order valence-electron chi connectivity index (χ4n) is 2.13. The second-order valence-corrected chi connectivity index (χ2v) is 6.71. The Hall–Kier alpha value is -1.08. The van der Waals surface area contributed by atoms with Gasteiger partial charge in [-0.3, -0.25) is 0 Å². The molecule has 102 valence electrons. The molecule has 1 aromatic carbocycles. The van der Waals surface area contributed by atoms with Crippen LogP contribution in [0.3, 0.4) is 0 Å². The van der Waals surface area contributed by atoms with Crippen LogP contribution < -0.4 is 5.32 Å². The van der Waals surface area contributed by atoms with Crippen molar-refractivity contribution in [2.24, 2.45) is 0 Å². The highest BCUT2D eigenvalue weighted by Gasteiger charge is 2.29. The summed E-state index contributed by atoms with van der Waals surface area (Å²) in [7, 11) is -3.55. The molecule has 1 fully saturated rings. The van der Waals surface area contributed by atoms with E-state index < -0.39 is 10.0 Å². The van der Waals surface area contributed by atoms with Crippen LogP contribution in [0.1, 0.15) is 0 Å². The van der Waals surface area contributed by atoms with Gasteiger partial charge in [-0.2, -0.15) is 4.31 Å². The molecule has 0 radical (unpaired) electrons. The first-order valence-electron chi connectivity index (χ1n) is 5.97. The van der Waals surface area contributed by atoms with Crippen molar-refractivity contribution in [1.29, 1.82) is 0 Å². The van der Waals surface area contributed by atoms with E-state index in [0.717, 1.165) is 0 Å². The molecule has 3 rings (SSSR count). The maximum absolute atomic E-state index is 12.4. The summed E-state index contributed by atoms with van der Waals surface area (Å²) in [6.07, 6.45) is 0. The van der Waals surface area contributed by atoms with Gasteiger partial charge in [-0.05, 0) is 18.2 Å². The van der Waals surface area contributed by atoms with Crippen LogP contribution in [0.25, 0.3) is 11.0 Å². The van der Waals surface area contributed by atoms with Crippen molar-refractivity contribution in [1.82, 2.24) is 9.62 Å². The van der Waals surface area contributed by atoms with Crippen LogP contribution in [0.15, 0.2) is 33.8 Å². The molecule has 1 saturated heterocycles. The zero-order valence-electron chi connectivity index (χ0n) is 10.1. The number of benzene rings is 1. The third-order valence-corrected chi connectivity index (χ3v) is 5.12. The van der Waals surface area contributed by atoms with Crippen molar-refractivity contribution in [2.45, 2.75) is 5.09 Å². The Kier molecular flexibility index (Phi) is 3.26. The molecular formula is C12H13ClN2O3S. The summed E-state index contributed by atoms with van der Waals surface area (Å²) in [5, 5.41) is 4.35. The van der Waals surface area contributed by atoms with E-state index >= 15 is 0 Å². The van der Waals surface area contributed by atoms with E-state index in [1.165, 1.54) is 10.4 Å². The molecule has 2 heterocycles. The number of hydrogen-bond donors (Lipinski definition) is 1. The number of piperazine rings is 1. The molecule has 1 aromatic heterocycles. The minimum Gasteiger partial charge on any atom is -0.443 e. The normalized spacial score (nSPS) is 17.9. The number of rotatable bonds is 2. The highest BCUT2D eigenvalue weighted by molar-refractivity contribution is 7.89. The van der Waals surface area contributed by atoms with Gasteiger partial charge in [0.15, 0.2) is 0 Å². The average molecular weight is 301 g/mol. The smallest absolute Gasteiger partial charge is 0.276 e. The SMILES string of the molecule is O=S(=O)(c1cc2cc(Cl)ccc2o1)N1CCNCC1. The molecule has 1 aliphatic heterocycles. The molecule has 5 nitrogen and oxygen atoms in total. The third-order valence-electron chi connectivity index (χ3n) is 3.13. The van der Waals surface area contributed by atoms with Gasteiger partial charge in [0, 0.05) is 42.7 Å². The van der Waals surface area contributed by atoms with Gasteiger partial charge in [-0.1, -0.05) is 11.6 Å². The summed E-state index contributed by atoms with van der Waals surface area (Å²) in [6, 6.07) is 6.57. The predicted molar refractivity (Wildman–Crippen MR) is 72.9 cm³/mol. The second-order valence-electron chi connectivity index (χ2n) is 4.40. The van der Waals surface area contributed by atoms with E-state index in [4.69, 9.17) is 16.0 Å². The van der Waals surface area contributed by atoms with Gasteiger partial charge >= 0.3 is 0 Å². The van der Waals surface area contributed by atoms with Crippen LogP contribution in [-0.4, -0.2) is 38.9 Å². The summed E-state index contributed by atoms with van der Waals surface area (Å²) in [5.41, 5.74) is 0.526. The van der Waals surface area contributed by atoms with Crippen LogP contribution in [0, 0.1) is 0 Å². The van der Waals surface area contributed by atoms with E-state index in [2.05, 4.69) is 5.32 Å². The van der Waals surface area contributed by atoms with Gasteiger partial charge in [0.25, 0.3) is 10.0 Å². The van der Waals surface area contributed by atoms with E-state index in [9.17, 15) is 8.42 Å². The topological polar surface area (TPSA) is 62.6 Å². The number of furan rings is 1. The Morgan fingerprint density at radius 1 is 1.21 bits per heavy atom. The van der Waals surface area contributed by atoms with Crippen LogP contribution in [-0.2, 0) is 10.0 Å². The molecule has 0 saturated carbocycles. The minimum absolute atomic E-state index is 0.0216. The monoisotopic (exact) mass is 300 g/mol. The van der Waals surface area contributed by atoms with Crippen LogP contribution in [0.5, 0.6) is 0 Å². The lowest BCUT2D eigenvalue weighted by Gasteiger charge is -2.25. The summed E-state index contributed by atoms with van der Waals surface area (Å²) in [5.74, 6) is 0. The molecule has 2 aromatic rings. The zero-order chi connectivity index (χ0) is 13.5. The van der Waals surface area contributed by atoms with Crippen molar-refractivity contribution in [3.63, 3.8) is 0 Å². The second kappa shape index (κ2) is 4.79. The number of nitrogens with zero attached hydrogens (tertiary/aromatic N) is 1. The lowest BCUT2D eigenvalue weighted by molar-refractivity contribution is 0.347. The molecule has 7 heteroatoms. The molecule has 1 aliphatic rings. The molecule has 0 aliphatic carbocycles. The van der Waals surface area contributed by atoms with E-state index in [1.807, 2.05) is 0 Å². The van der Waals surface area contributed by atoms with Crippen LogP contribution in [0.4, 0.5) is 0 Å². The summed E-state index contributed by atoms with van der Waals surface area (Å²) in [6.45, 7) is 2.23. The Balaban J connectivity index is 2.02. The van der Waals surface area contributed by atoms with Crippen molar-refractivity contribution < 1.29 is 12.8 Å². The summed E-state index contributed by atoms with van der Waals surface area (Å²) < 4.78 is 31.7. The number of nitrogens with one attached hydrogen (secondary N) is 1. The third kappa shape index (κ3) is 2.36. The first-order valence-corrected chi connectivity index (χ1v) is 7.79. The van der Waals surface area contributed by atoms with E-state index in [0.29, 0.717) is 42.2 Å². The fourth-order valence-corrected chi connectivity index (χ4v) is 3.70. The molecule has 0 amide bonds. The van der Waals surface area contributed by atoms with Gasteiger partial charge in [0.2, 0.25) is 5.09 Å².